The van der Waals surface area contributed by atoms with Crippen molar-refractivity contribution in [3.63, 3.8) is 0 Å². The largest absolute Gasteiger partial charge is 0.0622 e. The average molecular weight is 205 g/mol. The summed E-state index contributed by atoms with van der Waals surface area (Å²) in [5.74, 6) is -2.05. The van der Waals surface area contributed by atoms with Crippen molar-refractivity contribution in [2.45, 2.75) is 6.92 Å². The molecule has 4 nitrogen and oxygen atoms in total. The molecule has 1 N–H and O–H groups in total. The summed E-state index contributed by atoms with van der Waals surface area (Å²) < 4.78 is 0. The standard InChI is InChI=1S/C6H5.C3H4O4.Na.H/c1-2-4-6-5-3-1;1-2(4)3(5)7-6;;/h1-5H;6H,1H3;;. The number of carbonyl (C=O) groups is 2. The third-order valence-electron chi connectivity index (χ3n) is 0.977. The zero-order chi connectivity index (χ0) is 10.1. The Kier molecular flexibility index (Phi) is 11.7. The van der Waals surface area contributed by atoms with E-state index in [0.29, 0.717) is 0 Å². The van der Waals surface area contributed by atoms with Gasteiger partial charge in [-0.15, -0.1) is 0 Å². The third kappa shape index (κ3) is 9.41. The van der Waals surface area contributed by atoms with Gasteiger partial charge < -0.3 is 0 Å². The maximum atomic E-state index is 9.74. The quantitative estimate of drug-likeness (QED) is 0.312. The van der Waals surface area contributed by atoms with Gasteiger partial charge in [0, 0.05) is 6.92 Å². The van der Waals surface area contributed by atoms with Crippen LogP contribution in [0.2, 0.25) is 0 Å². The number of benzene rings is 1. The first-order valence-corrected chi connectivity index (χ1v) is 3.46. The molecule has 1 aromatic carbocycles. The Labute approximate surface area is 104 Å². The molecule has 0 heterocycles. The Morgan fingerprint density at radius 2 is 1.71 bits per heavy atom. The Hall–Kier alpha value is -0.680. The first-order valence-electron chi connectivity index (χ1n) is 3.46. The fourth-order valence-electron chi connectivity index (χ4n) is 0.406. The van der Waals surface area contributed by atoms with Crippen LogP contribution in [0.5, 0.6) is 0 Å². The van der Waals surface area contributed by atoms with Gasteiger partial charge in [0.25, 0.3) is 0 Å². The first-order chi connectivity index (χ1) is 6.18. The zero-order valence-electron chi connectivity index (χ0n) is 7.06. The first kappa shape index (κ1) is 15.8. The van der Waals surface area contributed by atoms with E-state index in [1.54, 1.807) is 0 Å². The molecule has 0 saturated heterocycles. The van der Waals surface area contributed by atoms with Crippen LogP contribution in [0.25, 0.3) is 0 Å². The fourth-order valence-corrected chi connectivity index (χ4v) is 0.406. The monoisotopic (exact) mass is 205 g/mol. The Morgan fingerprint density at radius 1 is 1.21 bits per heavy atom. The van der Waals surface area contributed by atoms with Crippen molar-refractivity contribution < 1.29 is 19.7 Å². The maximum Gasteiger partial charge on any atom is -0.0184 e. The molecule has 0 aromatic heterocycles. The molecule has 1 aromatic rings. The molecule has 14 heavy (non-hydrogen) atoms. The molecule has 0 amide bonds. The van der Waals surface area contributed by atoms with Crippen molar-refractivity contribution in [3.8, 4) is 0 Å². The van der Waals surface area contributed by atoms with Gasteiger partial charge in [-0.25, -0.2) is 4.79 Å². The summed E-state index contributed by atoms with van der Waals surface area (Å²) in [4.78, 5) is 22.5. The van der Waals surface area contributed by atoms with Gasteiger partial charge >= 0.3 is 35.5 Å². The number of hydrogen-bond donors (Lipinski definition) is 1. The van der Waals surface area contributed by atoms with Crippen LogP contribution in [-0.2, 0) is 14.5 Å². The van der Waals surface area contributed by atoms with Crippen molar-refractivity contribution in [1.82, 2.24) is 0 Å². The molecule has 0 fully saturated rings. The number of ketones is 1. The van der Waals surface area contributed by atoms with Crippen LogP contribution in [0, 0.1) is 6.07 Å². The second kappa shape index (κ2) is 10.4. The van der Waals surface area contributed by atoms with Crippen LogP contribution < -0.4 is 0 Å². The molecular weight excluding hydrogens is 195 g/mol. The van der Waals surface area contributed by atoms with Gasteiger partial charge in [-0.05, 0) is 6.07 Å². The van der Waals surface area contributed by atoms with E-state index in [4.69, 9.17) is 5.26 Å². The second-order valence-electron chi connectivity index (χ2n) is 2.01. The third-order valence-corrected chi connectivity index (χ3v) is 0.977. The maximum absolute atomic E-state index is 9.74. The van der Waals surface area contributed by atoms with E-state index in [1.165, 1.54) is 0 Å². The predicted octanol–water partition coefficient (Wildman–Crippen LogP) is 0.430. The number of carbonyl (C=O) groups excluding carboxylic acids is 2. The Morgan fingerprint density at radius 3 is 1.79 bits per heavy atom. The van der Waals surface area contributed by atoms with Crippen LogP contribution in [0.1, 0.15) is 6.92 Å². The van der Waals surface area contributed by atoms with Crippen molar-refractivity contribution >= 4 is 41.3 Å². The molecule has 0 aliphatic heterocycles. The van der Waals surface area contributed by atoms with Crippen LogP contribution in [-0.4, -0.2) is 46.6 Å². The van der Waals surface area contributed by atoms with Crippen LogP contribution in [0.15, 0.2) is 30.3 Å². The van der Waals surface area contributed by atoms with Gasteiger partial charge in [-0.2, -0.15) is 5.26 Å². The van der Waals surface area contributed by atoms with Crippen molar-refractivity contribution in [3.05, 3.63) is 36.4 Å². The van der Waals surface area contributed by atoms with Gasteiger partial charge in [0.1, 0.15) is 0 Å². The summed E-state index contributed by atoms with van der Waals surface area (Å²) in [6.45, 7) is 0.999. The molecule has 0 unspecified atom stereocenters. The van der Waals surface area contributed by atoms with E-state index in [-0.39, 0.29) is 29.6 Å². The van der Waals surface area contributed by atoms with Crippen molar-refractivity contribution in [1.29, 1.82) is 0 Å². The van der Waals surface area contributed by atoms with E-state index in [2.05, 4.69) is 11.0 Å². The molecule has 0 saturated carbocycles. The molecule has 1 rings (SSSR count). The molecule has 0 bridgehead atoms. The molecule has 0 atom stereocenters. The minimum atomic E-state index is -1.24. The minimum Gasteiger partial charge on any atom is -0.0622 e. The molecular formula is C9H10NaO4. The van der Waals surface area contributed by atoms with E-state index >= 15 is 0 Å². The Bertz CT molecular complexity index is 234. The van der Waals surface area contributed by atoms with Gasteiger partial charge in [-0.1, -0.05) is 30.3 Å². The van der Waals surface area contributed by atoms with E-state index in [1.807, 2.05) is 30.3 Å². The number of Topliss-reactive ketones (excluding diaryl/α,β-unsaturated/α-hetero) is 1. The Balaban J connectivity index is 0. The second-order valence-corrected chi connectivity index (χ2v) is 2.01. The van der Waals surface area contributed by atoms with Gasteiger partial charge in [0.05, 0.1) is 0 Å². The molecule has 0 aliphatic carbocycles. The van der Waals surface area contributed by atoms with E-state index in [0.717, 1.165) is 6.92 Å². The fraction of sp³-hybridized carbons (Fsp3) is 0.111. The number of rotatable bonds is 1. The summed E-state index contributed by atoms with van der Waals surface area (Å²) in [5.41, 5.74) is 0. The van der Waals surface area contributed by atoms with Crippen LogP contribution >= 0.6 is 0 Å². The summed E-state index contributed by atoms with van der Waals surface area (Å²) >= 11 is 0. The van der Waals surface area contributed by atoms with Gasteiger partial charge in [-0.3, -0.25) is 9.68 Å². The summed E-state index contributed by atoms with van der Waals surface area (Å²) in [5, 5.41) is 7.43. The van der Waals surface area contributed by atoms with Crippen molar-refractivity contribution in [2.24, 2.45) is 0 Å². The van der Waals surface area contributed by atoms with Gasteiger partial charge in [0.2, 0.25) is 5.78 Å². The van der Waals surface area contributed by atoms with E-state index < -0.39 is 11.8 Å². The summed E-state index contributed by atoms with van der Waals surface area (Å²) in [7, 11) is 0. The van der Waals surface area contributed by atoms with Crippen molar-refractivity contribution in [2.75, 3.05) is 0 Å². The van der Waals surface area contributed by atoms with Crippen LogP contribution in [0.4, 0.5) is 0 Å². The summed E-state index contributed by atoms with van der Waals surface area (Å²) in [6.07, 6.45) is 0. The molecule has 5 heteroatoms. The topological polar surface area (TPSA) is 63.6 Å². The smallest absolute Gasteiger partial charge is 0.0184 e. The molecule has 0 aliphatic rings. The zero-order valence-corrected chi connectivity index (χ0v) is 7.06. The van der Waals surface area contributed by atoms with Gasteiger partial charge in [0.15, 0.2) is 0 Å². The average Bonchev–Trinajstić information content (AvgIpc) is 2.20. The predicted molar refractivity (Wildman–Crippen MR) is 51.8 cm³/mol. The molecule has 1 radical (unpaired) electrons. The van der Waals surface area contributed by atoms with E-state index in [9.17, 15) is 9.59 Å². The molecule has 71 valence electrons. The summed E-state index contributed by atoms with van der Waals surface area (Å²) in [6, 6.07) is 12.5. The SMILES string of the molecule is CC(=O)C(=O)OO.[NaH].[c]1ccccc1. The normalized spacial score (nSPS) is 7.29. The minimum absolute atomic E-state index is 0. The van der Waals surface area contributed by atoms with Crippen LogP contribution in [0.3, 0.4) is 0 Å². The number of hydrogen-bond acceptors (Lipinski definition) is 4. The molecule has 0 spiro atoms.